The highest BCUT2D eigenvalue weighted by molar-refractivity contribution is 5.67. The molecule has 0 aliphatic heterocycles. The van der Waals surface area contributed by atoms with Gasteiger partial charge in [-0.1, -0.05) is 26.0 Å². The van der Waals surface area contributed by atoms with E-state index in [2.05, 4.69) is 19.2 Å². The second kappa shape index (κ2) is 8.89. The minimum absolute atomic E-state index is 0.109. The summed E-state index contributed by atoms with van der Waals surface area (Å²) in [6.07, 6.45) is -2.88. The third kappa shape index (κ3) is 7.66. The molecular weight excluding hydrogens is 310 g/mol. The standard InChI is InChI=1S/C18H29NO5/c1-12(2)11-23-14-8-6-13(7-9-14)16(21)15(20)10-19-17(22)24-18(3,4)5/h6-9,12,15-16,20-21H,10-11H2,1-5H3,(H,19,22). The average Bonchev–Trinajstić information content (AvgIpc) is 2.48. The molecule has 6 nitrogen and oxygen atoms in total. The van der Waals surface area contributed by atoms with Crippen LogP contribution in [0.1, 0.15) is 46.3 Å². The number of aliphatic hydroxyl groups is 2. The van der Waals surface area contributed by atoms with Gasteiger partial charge in [0.25, 0.3) is 0 Å². The van der Waals surface area contributed by atoms with Crippen LogP contribution in [0.25, 0.3) is 0 Å². The summed E-state index contributed by atoms with van der Waals surface area (Å²) in [5, 5.41) is 22.6. The first-order chi connectivity index (χ1) is 11.1. The Labute approximate surface area is 143 Å². The lowest BCUT2D eigenvalue weighted by Gasteiger charge is -2.22. The summed E-state index contributed by atoms with van der Waals surface area (Å²) in [6, 6.07) is 6.87. The van der Waals surface area contributed by atoms with Gasteiger partial charge >= 0.3 is 6.09 Å². The van der Waals surface area contributed by atoms with Gasteiger partial charge in [0, 0.05) is 6.54 Å². The van der Waals surface area contributed by atoms with Crippen molar-refractivity contribution in [2.75, 3.05) is 13.2 Å². The number of rotatable bonds is 7. The van der Waals surface area contributed by atoms with Crippen molar-refractivity contribution in [3.8, 4) is 5.75 Å². The Bertz CT molecular complexity index is 507. The van der Waals surface area contributed by atoms with Crippen molar-refractivity contribution >= 4 is 6.09 Å². The molecule has 0 saturated heterocycles. The molecule has 0 saturated carbocycles. The van der Waals surface area contributed by atoms with Crippen molar-refractivity contribution in [1.29, 1.82) is 0 Å². The predicted octanol–water partition coefficient (Wildman–Crippen LogP) is 2.64. The van der Waals surface area contributed by atoms with Crippen molar-refractivity contribution < 1.29 is 24.5 Å². The molecule has 1 amide bonds. The molecule has 24 heavy (non-hydrogen) atoms. The molecule has 136 valence electrons. The van der Waals surface area contributed by atoms with Gasteiger partial charge in [0.1, 0.15) is 23.6 Å². The van der Waals surface area contributed by atoms with Gasteiger partial charge in [0.2, 0.25) is 0 Å². The second-order valence-corrected chi connectivity index (χ2v) is 7.17. The van der Waals surface area contributed by atoms with Crippen LogP contribution in [-0.2, 0) is 4.74 Å². The summed E-state index contributed by atoms with van der Waals surface area (Å²) in [7, 11) is 0. The molecule has 2 unspecified atom stereocenters. The maximum Gasteiger partial charge on any atom is 0.407 e. The van der Waals surface area contributed by atoms with Gasteiger partial charge in [-0.2, -0.15) is 0 Å². The summed E-state index contributed by atoms with van der Waals surface area (Å²) in [6.45, 7) is 9.88. The Kier molecular flexibility index (Phi) is 7.51. The summed E-state index contributed by atoms with van der Waals surface area (Å²) in [5.41, 5.74) is -0.0650. The number of ether oxygens (including phenoxy) is 2. The van der Waals surface area contributed by atoms with Gasteiger partial charge in [-0.05, 0) is 44.4 Å². The van der Waals surface area contributed by atoms with E-state index in [-0.39, 0.29) is 6.54 Å². The molecule has 0 aliphatic carbocycles. The molecule has 1 rings (SSSR count). The number of hydrogen-bond donors (Lipinski definition) is 3. The van der Waals surface area contributed by atoms with E-state index in [9.17, 15) is 15.0 Å². The van der Waals surface area contributed by atoms with Crippen molar-refractivity contribution in [2.24, 2.45) is 5.92 Å². The summed E-state index contributed by atoms with van der Waals surface area (Å²) in [4.78, 5) is 11.6. The van der Waals surface area contributed by atoms with Crippen molar-refractivity contribution in [3.63, 3.8) is 0 Å². The highest BCUT2D eigenvalue weighted by atomic mass is 16.6. The van der Waals surface area contributed by atoms with Gasteiger partial charge < -0.3 is 25.0 Å². The van der Waals surface area contributed by atoms with Crippen LogP contribution in [0.3, 0.4) is 0 Å². The molecule has 1 aromatic rings. The fourth-order valence-corrected chi connectivity index (χ4v) is 1.86. The maximum atomic E-state index is 11.6. The van der Waals surface area contributed by atoms with Crippen LogP contribution in [0, 0.1) is 5.92 Å². The van der Waals surface area contributed by atoms with Gasteiger partial charge in [0.05, 0.1) is 6.61 Å². The Balaban J connectivity index is 2.50. The van der Waals surface area contributed by atoms with Crippen molar-refractivity contribution in [3.05, 3.63) is 29.8 Å². The molecule has 0 fully saturated rings. The van der Waals surface area contributed by atoms with Crippen LogP contribution in [0.15, 0.2) is 24.3 Å². The molecule has 0 aliphatic rings. The Hall–Kier alpha value is -1.79. The molecule has 0 heterocycles. The van der Waals surface area contributed by atoms with Crippen LogP contribution < -0.4 is 10.1 Å². The van der Waals surface area contributed by atoms with Crippen LogP contribution in [-0.4, -0.2) is 41.2 Å². The van der Waals surface area contributed by atoms with Gasteiger partial charge in [-0.3, -0.25) is 0 Å². The van der Waals surface area contributed by atoms with Crippen LogP contribution >= 0.6 is 0 Å². The summed E-state index contributed by atoms with van der Waals surface area (Å²) >= 11 is 0. The van der Waals surface area contributed by atoms with E-state index in [0.717, 1.165) is 0 Å². The number of amides is 1. The lowest BCUT2D eigenvalue weighted by Crippen LogP contribution is -2.38. The molecular formula is C18H29NO5. The predicted molar refractivity (Wildman–Crippen MR) is 92.0 cm³/mol. The van der Waals surface area contributed by atoms with E-state index >= 15 is 0 Å². The number of aliphatic hydroxyl groups excluding tert-OH is 2. The highest BCUT2D eigenvalue weighted by Crippen LogP contribution is 2.20. The molecule has 0 radical (unpaired) electrons. The maximum absolute atomic E-state index is 11.6. The number of carbonyl (C=O) groups excluding carboxylic acids is 1. The van der Waals surface area contributed by atoms with E-state index in [4.69, 9.17) is 9.47 Å². The molecule has 6 heteroatoms. The summed E-state index contributed by atoms with van der Waals surface area (Å²) in [5.74, 6) is 1.14. The largest absolute Gasteiger partial charge is 0.493 e. The number of alkyl carbamates (subject to hydrolysis) is 1. The average molecular weight is 339 g/mol. The molecule has 0 aromatic heterocycles. The van der Waals surface area contributed by atoms with Gasteiger partial charge in [-0.25, -0.2) is 4.79 Å². The molecule has 3 N–H and O–H groups in total. The van der Waals surface area contributed by atoms with Gasteiger partial charge in [0.15, 0.2) is 0 Å². The third-order valence-corrected chi connectivity index (χ3v) is 3.02. The van der Waals surface area contributed by atoms with E-state index < -0.39 is 23.9 Å². The molecule has 1 aromatic carbocycles. The van der Waals surface area contributed by atoms with E-state index in [1.165, 1.54) is 0 Å². The Morgan fingerprint density at radius 3 is 2.25 bits per heavy atom. The van der Waals surface area contributed by atoms with Crippen LogP contribution in [0.2, 0.25) is 0 Å². The third-order valence-electron chi connectivity index (χ3n) is 3.02. The van der Waals surface area contributed by atoms with Crippen molar-refractivity contribution in [2.45, 2.75) is 52.4 Å². The quantitative estimate of drug-likeness (QED) is 0.711. The molecule has 0 bridgehead atoms. The fourth-order valence-electron chi connectivity index (χ4n) is 1.86. The zero-order valence-corrected chi connectivity index (χ0v) is 15.1. The van der Waals surface area contributed by atoms with Crippen LogP contribution in [0.4, 0.5) is 4.79 Å². The number of benzene rings is 1. The van der Waals surface area contributed by atoms with Gasteiger partial charge in [-0.15, -0.1) is 0 Å². The normalized spacial score (nSPS) is 14.2. The topological polar surface area (TPSA) is 88.0 Å². The first-order valence-corrected chi connectivity index (χ1v) is 8.14. The van der Waals surface area contributed by atoms with E-state index in [0.29, 0.717) is 23.8 Å². The first kappa shape index (κ1) is 20.3. The number of hydrogen-bond acceptors (Lipinski definition) is 5. The monoisotopic (exact) mass is 339 g/mol. The number of nitrogens with one attached hydrogen (secondary N) is 1. The smallest absolute Gasteiger partial charge is 0.407 e. The minimum Gasteiger partial charge on any atom is -0.493 e. The lowest BCUT2D eigenvalue weighted by atomic mass is 10.0. The van der Waals surface area contributed by atoms with Crippen molar-refractivity contribution in [1.82, 2.24) is 5.32 Å². The molecule has 2 atom stereocenters. The first-order valence-electron chi connectivity index (χ1n) is 8.14. The lowest BCUT2D eigenvalue weighted by molar-refractivity contribution is 0.0129. The summed E-state index contributed by atoms with van der Waals surface area (Å²) < 4.78 is 10.6. The van der Waals surface area contributed by atoms with E-state index in [1.54, 1.807) is 45.0 Å². The zero-order valence-electron chi connectivity index (χ0n) is 15.1. The highest BCUT2D eigenvalue weighted by Gasteiger charge is 2.21. The van der Waals surface area contributed by atoms with Crippen LogP contribution in [0.5, 0.6) is 5.75 Å². The Morgan fingerprint density at radius 1 is 1.17 bits per heavy atom. The zero-order chi connectivity index (χ0) is 18.3. The van der Waals surface area contributed by atoms with E-state index in [1.807, 2.05) is 0 Å². The fraction of sp³-hybridized carbons (Fsp3) is 0.611. The Morgan fingerprint density at radius 2 is 1.75 bits per heavy atom. The molecule has 0 spiro atoms. The SMILES string of the molecule is CC(C)COc1ccc(C(O)C(O)CNC(=O)OC(C)(C)C)cc1. The number of carbonyl (C=O) groups is 1. The minimum atomic E-state index is -1.14. The second-order valence-electron chi connectivity index (χ2n) is 7.17.